The lowest BCUT2D eigenvalue weighted by atomic mass is 9.96. The highest BCUT2D eigenvalue weighted by Gasteiger charge is 2.20. The Bertz CT molecular complexity index is 1340. The standard InChI is InChI=1S/C23H18N4O2S/c28-27(29)22-8-7-21(16-9-10-24-12-18(16)22)26-14-19(23-6-3-11-30-23)17-13-25-20-5-2-1-4-15(17)20/h1-13,19,25-26H,14H2. The van der Waals surface area contributed by atoms with Gasteiger partial charge in [-0.15, -0.1) is 11.3 Å². The van der Waals surface area contributed by atoms with Gasteiger partial charge in [0, 0.05) is 64.0 Å². The molecule has 5 rings (SSSR count). The van der Waals surface area contributed by atoms with Gasteiger partial charge in [-0.1, -0.05) is 24.3 Å². The summed E-state index contributed by atoms with van der Waals surface area (Å²) in [5.41, 5.74) is 3.27. The smallest absolute Gasteiger partial charge is 0.278 e. The number of nitrogens with one attached hydrogen (secondary N) is 2. The molecule has 0 aliphatic heterocycles. The van der Waals surface area contributed by atoms with E-state index in [-0.39, 0.29) is 16.5 Å². The molecular weight excluding hydrogens is 396 g/mol. The van der Waals surface area contributed by atoms with E-state index in [0.29, 0.717) is 11.9 Å². The molecule has 0 bridgehead atoms. The normalized spacial score (nSPS) is 12.3. The zero-order valence-electron chi connectivity index (χ0n) is 15.9. The van der Waals surface area contributed by atoms with Gasteiger partial charge >= 0.3 is 0 Å². The Hall–Kier alpha value is -3.71. The quantitative estimate of drug-likeness (QED) is 0.266. The van der Waals surface area contributed by atoms with E-state index < -0.39 is 0 Å². The largest absolute Gasteiger partial charge is 0.384 e. The third kappa shape index (κ3) is 3.19. The summed E-state index contributed by atoms with van der Waals surface area (Å²) in [6, 6.07) is 17.6. The molecular formula is C23H18N4O2S. The minimum absolute atomic E-state index is 0.0649. The van der Waals surface area contributed by atoms with E-state index in [2.05, 4.69) is 57.2 Å². The van der Waals surface area contributed by atoms with Crippen molar-refractivity contribution in [3.63, 3.8) is 0 Å². The molecule has 0 aliphatic carbocycles. The molecule has 0 aliphatic rings. The first-order valence-electron chi connectivity index (χ1n) is 9.57. The van der Waals surface area contributed by atoms with Gasteiger partial charge in [0.1, 0.15) is 0 Å². The third-order valence-corrected chi connectivity index (χ3v) is 6.36. The highest BCUT2D eigenvalue weighted by Crippen LogP contribution is 2.35. The van der Waals surface area contributed by atoms with Crippen LogP contribution in [0.2, 0.25) is 0 Å². The molecule has 148 valence electrons. The van der Waals surface area contributed by atoms with Crippen molar-refractivity contribution in [3.05, 3.63) is 99.1 Å². The molecule has 0 fully saturated rings. The van der Waals surface area contributed by atoms with E-state index in [9.17, 15) is 10.1 Å². The minimum atomic E-state index is -0.367. The molecule has 3 aromatic heterocycles. The molecule has 1 atom stereocenters. The zero-order chi connectivity index (χ0) is 20.5. The number of anilines is 1. The van der Waals surface area contributed by atoms with Gasteiger partial charge in [-0.05, 0) is 35.2 Å². The number of hydrogen-bond donors (Lipinski definition) is 2. The van der Waals surface area contributed by atoms with Crippen molar-refractivity contribution in [2.24, 2.45) is 0 Å². The Morgan fingerprint density at radius 3 is 2.80 bits per heavy atom. The Balaban J connectivity index is 1.53. The number of hydrogen-bond acceptors (Lipinski definition) is 5. The Labute approximate surface area is 176 Å². The summed E-state index contributed by atoms with van der Waals surface area (Å²) in [7, 11) is 0. The van der Waals surface area contributed by atoms with Gasteiger partial charge in [0.2, 0.25) is 0 Å². The number of nitrogens with zero attached hydrogens (tertiary/aromatic N) is 2. The number of pyridine rings is 1. The van der Waals surface area contributed by atoms with Gasteiger partial charge in [0.15, 0.2) is 0 Å². The summed E-state index contributed by atoms with van der Waals surface area (Å²) in [6.07, 6.45) is 5.29. The number of aromatic nitrogens is 2. The number of para-hydroxylation sites is 1. The topological polar surface area (TPSA) is 83.9 Å². The van der Waals surface area contributed by atoms with Crippen LogP contribution in [0.25, 0.3) is 21.7 Å². The van der Waals surface area contributed by atoms with Gasteiger partial charge < -0.3 is 10.3 Å². The molecule has 0 saturated heterocycles. The summed E-state index contributed by atoms with van der Waals surface area (Å²) in [4.78, 5) is 19.7. The van der Waals surface area contributed by atoms with Crippen LogP contribution in [-0.2, 0) is 0 Å². The molecule has 30 heavy (non-hydrogen) atoms. The molecule has 0 spiro atoms. The number of thiophene rings is 1. The molecule has 2 aromatic carbocycles. The molecule has 3 heterocycles. The van der Waals surface area contributed by atoms with Crippen LogP contribution in [0.3, 0.4) is 0 Å². The van der Waals surface area contributed by atoms with E-state index in [4.69, 9.17) is 0 Å². The monoisotopic (exact) mass is 414 g/mol. The van der Waals surface area contributed by atoms with Crippen molar-refractivity contribution in [3.8, 4) is 0 Å². The summed E-state index contributed by atoms with van der Waals surface area (Å²) in [5, 5.41) is 19.5. The number of H-pyrrole nitrogens is 1. The fraction of sp³-hybridized carbons (Fsp3) is 0.0870. The number of rotatable bonds is 6. The molecule has 5 aromatic rings. The van der Waals surface area contributed by atoms with E-state index in [1.807, 2.05) is 12.1 Å². The number of nitro benzene ring substituents is 1. The molecule has 1 unspecified atom stereocenters. The second-order valence-corrected chi connectivity index (χ2v) is 8.03. The van der Waals surface area contributed by atoms with E-state index in [1.54, 1.807) is 29.8 Å². The fourth-order valence-electron chi connectivity index (χ4n) is 3.94. The van der Waals surface area contributed by atoms with Crippen molar-refractivity contribution in [2.75, 3.05) is 11.9 Å². The zero-order valence-corrected chi connectivity index (χ0v) is 16.7. The third-order valence-electron chi connectivity index (χ3n) is 5.37. The van der Waals surface area contributed by atoms with Crippen LogP contribution in [0.15, 0.2) is 78.6 Å². The molecule has 0 amide bonds. The number of fused-ring (bicyclic) bond motifs is 2. The van der Waals surface area contributed by atoms with E-state index >= 15 is 0 Å². The maximum absolute atomic E-state index is 11.4. The molecule has 7 heteroatoms. The van der Waals surface area contributed by atoms with Crippen LogP contribution in [0.4, 0.5) is 11.4 Å². The molecule has 0 radical (unpaired) electrons. The van der Waals surface area contributed by atoms with Crippen LogP contribution in [0.1, 0.15) is 16.4 Å². The number of nitro groups is 1. The second kappa shape index (κ2) is 7.61. The Morgan fingerprint density at radius 2 is 1.97 bits per heavy atom. The van der Waals surface area contributed by atoms with Crippen LogP contribution in [0, 0.1) is 10.1 Å². The predicted octanol–water partition coefficient (Wildman–Crippen LogP) is 5.93. The number of benzene rings is 2. The van der Waals surface area contributed by atoms with Crippen molar-refractivity contribution in [2.45, 2.75) is 5.92 Å². The van der Waals surface area contributed by atoms with Crippen molar-refractivity contribution in [1.82, 2.24) is 9.97 Å². The first kappa shape index (κ1) is 18.3. The Kier molecular flexibility index (Phi) is 4.65. The summed E-state index contributed by atoms with van der Waals surface area (Å²) in [6.45, 7) is 0.664. The predicted molar refractivity (Wildman–Crippen MR) is 121 cm³/mol. The van der Waals surface area contributed by atoms with Gasteiger partial charge in [0.05, 0.1) is 10.3 Å². The lowest BCUT2D eigenvalue weighted by molar-refractivity contribution is -0.383. The SMILES string of the molecule is O=[N+]([O-])c1ccc(NCC(c2cccs2)c2c[nH]c3ccccc23)c2ccncc12. The maximum Gasteiger partial charge on any atom is 0.278 e. The average Bonchev–Trinajstić information content (AvgIpc) is 3.45. The Morgan fingerprint density at radius 1 is 1.07 bits per heavy atom. The van der Waals surface area contributed by atoms with Crippen molar-refractivity contribution < 1.29 is 4.92 Å². The van der Waals surface area contributed by atoms with E-state index in [0.717, 1.165) is 16.6 Å². The highest BCUT2D eigenvalue weighted by molar-refractivity contribution is 7.10. The van der Waals surface area contributed by atoms with Crippen LogP contribution < -0.4 is 5.32 Å². The van der Waals surface area contributed by atoms with Crippen LogP contribution in [-0.4, -0.2) is 21.4 Å². The maximum atomic E-state index is 11.4. The summed E-state index contributed by atoms with van der Waals surface area (Å²) in [5.74, 6) is 0.147. The van der Waals surface area contributed by atoms with Gasteiger partial charge in [0.25, 0.3) is 5.69 Å². The van der Waals surface area contributed by atoms with Crippen molar-refractivity contribution in [1.29, 1.82) is 0 Å². The summed E-state index contributed by atoms with van der Waals surface area (Å²) >= 11 is 1.73. The highest BCUT2D eigenvalue weighted by atomic mass is 32.1. The van der Waals surface area contributed by atoms with Gasteiger partial charge in [-0.3, -0.25) is 15.1 Å². The van der Waals surface area contributed by atoms with Gasteiger partial charge in [-0.2, -0.15) is 0 Å². The first-order valence-corrected chi connectivity index (χ1v) is 10.4. The second-order valence-electron chi connectivity index (χ2n) is 7.05. The lowest BCUT2D eigenvalue weighted by Gasteiger charge is -2.18. The average molecular weight is 414 g/mol. The van der Waals surface area contributed by atoms with Gasteiger partial charge in [-0.25, -0.2) is 0 Å². The van der Waals surface area contributed by atoms with E-state index in [1.165, 1.54) is 21.9 Å². The molecule has 6 nitrogen and oxygen atoms in total. The lowest BCUT2D eigenvalue weighted by Crippen LogP contribution is -2.13. The number of non-ortho nitro benzene ring substituents is 1. The molecule has 0 saturated carbocycles. The fourth-order valence-corrected chi connectivity index (χ4v) is 4.78. The van der Waals surface area contributed by atoms with Crippen LogP contribution >= 0.6 is 11.3 Å². The van der Waals surface area contributed by atoms with Crippen molar-refractivity contribution >= 4 is 44.4 Å². The summed E-state index contributed by atoms with van der Waals surface area (Å²) < 4.78 is 0. The number of aromatic amines is 1. The van der Waals surface area contributed by atoms with Crippen LogP contribution in [0.5, 0.6) is 0 Å². The first-order chi connectivity index (χ1) is 14.7. The minimum Gasteiger partial charge on any atom is -0.384 e. The molecule has 2 N–H and O–H groups in total.